The monoisotopic (exact) mass is 263 g/mol. The van der Waals surface area contributed by atoms with Gasteiger partial charge in [0.2, 0.25) is 0 Å². The Morgan fingerprint density at radius 1 is 0.944 bits per heavy atom. The first-order valence-electron chi connectivity index (χ1n) is 5.82. The lowest BCUT2D eigenvalue weighted by Gasteiger charge is -2.21. The summed E-state index contributed by atoms with van der Waals surface area (Å²) in [5.74, 6) is 0. The van der Waals surface area contributed by atoms with E-state index >= 15 is 0 Å². The number of rotatable bonds is 2. The van der Waals surface area contributed by atoms with E-state index in [1.807, 2.05) is 26.8 Å². The summed E-state index contributed by atoms with van der Waals surface area (Å²) >= 11 is 0. The molecule has 0 radical (unpaired) electrons. The molecule has 96 valence electrons. The summed E-state index contributed by atoms with van der Waals surface area (Å²) in [5, 5.41) is 0. The molecule has 0 aliphatic carbocycles. The Hall–Kier alpha value is -1.55. The molecular weight excluding hydrogens is 246 g/mol. The summed E-state index contributed by atoms with van der Waals surface area (Å²) in [5.41, 5.74) is 0.567. The van der Waals surface area contributed by atoms with Crippen molar-refractivity contribution in [2.45, 2.75) is 31.1 Å². The minimum absolute atomic E-state index is 0.217. The van der Waals surface area contributed by atoms with Crippen molar-refractivity contribution in [3.8, 4) is 0 Å². The minimum Gasteiger partial charge on any atom is -0.245 e. The molecule has 0 fully saturated rings. The van der Waals surface area contributed by atoms with Crippen LogP contribution >= 0.6 is 0 Å². The van der Waals surface area contributed by atoms with E-state index in [0.717, 1.165) is 5.69 Å². The first kappa shape index (κ1) is 12.9. The van der Waals surface area contributed by atoms with Crippen LogP contribution in [0.25, 0.3) is 0 Å². The summed E-state index contributed by atoms with van der Waals surface area (Å²) in [6.45, 7) is 6.00. The maximum Gasteiger partial charge on any atom is 0.267 e. The zero-order valence-corrected chi connectivity index (χ0v) is 11.6. The molecule has 1 aromatic heterocycles. The van der Waals surface area contributed by atoms with E-state index in [1.165, 1.54) is 3.97 Å². The second kappa shape index (κ2) is 4.28. The minimum atomic E-state index is -3.49. The number of nitrogens with zero attached hydrogens (tertiary/aromatic N) is 1. The Morgan fingerprint density at radius 2 is 1.56 bits per heavy atom. The average Bonchev–Trinajstić information content (AvgIpc) is 2.79. The molecule has 4 heteroatoms. The predicted octanol–water partition coefficient (Wildman–Crippen LogP) is 3.02. The van der Waals surface area contributed by atoms with Crippen LogP contribution < -0.4 is 0 Å². The maximum absolute atomic E-state index is 12.5. The fourth-order valence-corrected chi connectivity index (χ4v) is 3.41. The fourth-order valence-electron chi connectivity index (χ4n) is 1.86. The molecule has 0 amide bonds. The zero-order chi connectivity index (χ0) is 13.4. The summed E-state index contributed by atoms with van der Waals surface area (Å²) in [7, 11) is -3.49. The lowest BCUT2D eigenvalue weighted by Crippen LogP contribution is -2.22. The summed E-state index contributed by atoms with van der Waals surface area (Å²) in [6, 6.07) is 12.1. The van der Waals surface area contributed by atoms with E-state index in [1.54, 1.807) is 42.6 Å². The molecule has 18 heavy (non-hydrogen) atoms. The van der Waals surface area contributed by atoms with Crippen LogP contribution in [-0.2, 0) is 15.4 Å². The van der Waals surface area contributed by atoms with E-state index in [2.05, 4.69) is 0 Å². The molecule has 0 N–H and O–H groups in total. The van der Waals surface area contributed by atoms with Crippen molar-refractivity contribution in [2.75, 3.05) is 0 Å². The van der Waals surface area contributed by atoms with E-state index < -0.39 is 10.0 Å². The predicted molar refractivity (Wildman–Crippen MR) is 72.2 cm³/mol. The Labute approximate surface area is 108 Å². The molecule has 1 heterocycles. The molecule has 1 aromatic carbocycles. The van der Waals surface area contributed by atoms with Gasteiger partial charge in [0.25, 0.3) is 10.0 Å². The summed E-state index contributed by atoms with van der Waals surface area (Å²) < 4.78 is 26.4. The van der Waals surface area contributed by atoms with Crippen molar-refractivity contribution in [3.63, 3.8) is 0 Å². The van der Waals surface area contributed by atoms with Crippen molar-refractivity contribution < 1.29 is 8.42 Å². The largest absolute Gasteiger partial charge is 0.267 e. The summed E-state index contributed by atoms with van der Waals surface area (Å²) in [4.78, 5) is 0.312. The molecule has 3 nitrogen and oxygen atoms in total. The van der Waals surface area contributed by atoms with Crippen LogP contribution in [0.4, 0.5) is 0 Å². The molecular formula is C14H17NO2S. The molecule has 0 aliphatic heterocycles. The van der Waals surface area contributed by atoms with Gasteiger partial charge in [-0.1, -0.05) is 39.0 Å². The highest BCUT2D eigenvalue weighted by atomic mass is 32.2. The maximum atomic E-state index is 12.5. The van der Waals surface area contributed by atoms with Crippen LogP contribution in [0.5, 0.6) is 0 Å². The van der Waals surface area contributed by atoms with Crippen molar-refractivity contribution >= 4 is 10.0 Å². The van der Waals surface area contributed by atoms with Crippen molar-refractivity contribution in [1.82, 2.24) is 3.97 Å². The van der Waals surface area contributed by atoms with E-state index in [0.29, 0.717) is 4.90 Å². The number of benzene rings is 1. The number of hydrogen-bond donors (Lipinski definition) is 0. The van der Waals surface area contributed by atoms with Gasteiger partial charge in [-0.3, -0.25) is 0 Å². The van der Waals surface area contributed by atoms with Crippen LogP contribution in [-0.4, -0.2) is 12.4 Å². The second-order valence-corrected chi connectivity index (χ2v) is 7.07. The lowest BCUT2D eigenvalue weighted by molar-refractivity contribution is 0.544. The Bertz CT molecular complexity index is 634. The quantitative estimate of drug-likeness (QED) is 0.835. The van der Waals surface area contributed by atoms with Crippen molar-refractivity contribution in [2.24, 2.45) is 0 Å². The van der Waals surface area contributed by atoms with E-state index in [4.69, 9.17) is 0 Å². The van der Waals surface area contributed by atoms with Gasteiger partial charge in [-0.25, -0.2) is 12.4 Å². The van der Waals surface area contributed by atoms with Gasteiger partial charge >= 0.3 is 0 Å². The first-order chi connectivity index (χ1) is 8.33. The third kappa shape index (κ3) is 2.20. The van der Waals surface area contributed by atoms with Crippen LogP contribution in [0.1, 0.15) is 26.5 Å². The second-order valence-electron chi connectivity index (χ2n) is 5.26. The SMILES string of the molecule is CC(C)(C)c1cccn1S(=O)(=O)c1ccccc1. The van der Waals surface area contributed by atoms with Crippen LogP contribution in [0.3, 0.4) is 0 Å². The summed E-state index contributed by atoms with van der Waals surface area (Å²) in [6.07, 6.45) is 1.60. The lowest BCUT2D eigenvalue weighted by atomic mass is 9.93. The number of aromatic nitrogens is 1. The van der Waals surface area contributed by atoms with Gasteiger partial charge in [0.15, 0.2) is 0 Å². The number of hydrogen-bond acceptors (Lipinski definition) is 2. The highest BCUT2D eigenvalue weighted by Gasteiger charge is 2.25. The normalized spacial score (nSPS) is 12.6. The molecule has 2 aromatic rings. The molecule has 0 saturated carbocycles. The van der Waals surface area contributed by atoms with Gasteiger partial charge in [0, 0.05) is 17.3 Å². The van der Waals surface area contributed by atoms with E-state index in [-0.39, 0.29) is 5.41 Å². The molecule has 0 saturated heterocycles. The topological polar surface area (TPSA) is 39.1 Å². The third-order valence-electron chi connectivity index (χ3n) is 2.78. The van der Waals surface area contributed by atoms with Gasteiger partial charge in [-0.15, -0.1) is 0 Å². The van der Waals surface area contributed by atoms with Gasteiger partial charge in [0.1, 0.15) is 0 Å². The molecule has 0 bridgehead atoms. The smallest absolute Gasteiger partial charge is 0.245 e. The van der Waals surface area contributed by atoms with Gasteiger partial charge < -0.3 is 0 Å². The van der Waals surface area contributed by atoms with Crippen LogP contribution in [0.2, 0.25) is 0 Å². The molecule has 0 aliphatic rings. The van der Waals surface area contributed by atoms with Crippen LogP contribution in [0, 0.1) is 0 Å². The first-order valence-corrected chi connectivity index (χ1v) is 7.26. The molecule has 0 atom stereocenters. The third-order valence-corrected chi connectivity index (χ3v) is 4.49. The van der Waals surface area contributed by atoms with Crippen molar-refractivity contribution in [1.29, 1.82) is 0 Å². The average molecular weight is 263 g/mol. The highest BCUT2D eigenvalue weighted by molar-refractivity contribution is 7.90. The Balaban J connectivity index is 2.60. The van der Waals surface area contributed by atoms with Gasteiger partial charge in [-0.2, -0.15) is 0 Å². The van der Waals surface area contributed by atoms with Crippen molar-refractivity contribution in [3.05, 3.63) is 54.4 Å². The van der Waals surface area contributed by atoms with E-state index in [9.17, 15) is 8.42 Å². The molecule has 2 rings (SSSR count). The highest BCUT2D eigenvalue weighted by Crippen LogP contribution is 2.26. The fraction of sp³-hybridized carbons (Fsp3) is 0.286. The Morgan fingerprint density at radius 3 is 2.11 bits per heavy atom. The Kier molecular flexibility index (Phi) is 3.07. The van der Waals surface area contributed by atoms with Crippen LogP contribution in [0.15, 0.2) is 53.6 Å². The van der Waals surface area contributed by atoms with Gasteiger partial charge in [0.05, 0.1) is 4.90 Å². The zero-order valence-electron chi connectivity index (χ0n) is 10.8. The molecule has 0 unspecified atom stereocenters. The van der Waals surface area contributed by atoms with Gasteiger partial charge in [-0.05, 0) is 24.3 Å². The standard InChI is InChI=1S/C14H17NO2S/c1-14(2,3)13-10-7-11-15(13)18(16,17)12-8-5-4-6-9-12/h4-11H,1-3H3. The molecule has 0 spiro atoms.